The van der Waals surface area contributed by atoms with Gasteiger partial charge < -0.3 is 15.6 Å². The molecule has 1 aliphatic heterocycles. The van der Waals surface area contributed by atoms with E-state index < -0.39 is 0 Å². The predicted octanol–water partition coefficient (Wildman–Crippen LogP) is 1.35. The lowest BCUT2D eigenvalue weighted by molar-refractivity contribution is 0.0986. The third kappa shape index (κ3) is 4.50. The molecule has 0 amide bonds. The fraction of sp³-hybridized carbons (Fsp3) is 0.583. The van der Waals surface area contributed by atoms with Gasteiger partial charge in [0.2, 0.25) is 0 Å². The van der Waals surface area contributed by atoms with Crippen LogP contribution in [0.5, 0.6) is 0 Å². The number of nitrogens with one attached hydrogen (secondary N) is 3. The second-order valence-electron chi connectivity index (χ2n) is 4.28. The number of ketones is 1. The van der Waals surface area contributed by atoms with E-state index in [4.69, 9.17) is 0 Å². The van der Waals surface area contributed by atoms with Crippen molar-refractivity contribution in [2.24, 2.45) is 0 Å². The van der Waals surface area contributed by atoms with Crippen molar-refractivity contribution in [3.05, 3.63) is 24.0 Å². The summed E-state index contributed by atoms with van der Waals surface area (Å²) in [5.41, 5.74) is 0.684. The SMILES string of the molecule is Cl.O=C(CNCC1CCCCN1)c1ccc[nH]1. The van der Waals surface area contributed by atoms with Gasteiger partial charge in [-0.2, -0.15) is 0 Å². The van der Waals surface area contributed by atoms with Gasteiger partial charge in [0, 0.05) is 18.8 Å². The number of halogens is 1. The first-order chi connectivity index (χ1) is 7.86. The Kier molecular flexibility index (Phi) is 6.26. The average Bonchev–Trinajstić information content (AvgIpc) is 2.84. The number of Topliss-reactive ketones (excluding diaryl/α,β-unsaturated/α-hetero) is 1. The van der Waals surface area contributed by atoms with Gasteiger partial charge in [-0.3, -0.25) is 4.79 Å². The first-order valence-electron chi connectivity index (χ1n) is 5.97. The Bertz CT molecular complexity index is 321. The van der Waals surface area contributed by atoms with Crippen LogP contribution >= 0.6 is 12.4 Å². The Labute approximate surface area is 108 Å². The molecule has 2 heterocycles. The standard InChI is InChI=1S/C12H19N3O.ClH/c16-12(11-5-3-7-15-11)9-13-8-10-4-1-2-6-14-10;/h3,5,7,10,13-15H,1-2,4,6,8-9H2;1H. The summed E-state index contributed by atoms with van der Waals surface area (Å²) in [5, 5.41) is 6.66. The van der Waals surface area contributed by atoms with Gasteiger partial charge in [0.25, 0.3) is 0 Å². The molecule has 1 fully saturated rings. The summed E-state index contributed by atoms with van der Waals surface area (Å²) >= 11 is 0. The number of piperidine rings is 1. The Morgan fingerprint density at radius 3 is 3.00 bits per heavy atom. The molecule has 0 aliphatic carbocycles. The summed E-state index contributed by atoms with van der Waals surface area (Å²) in [7, 11) is 0. The quantitative estimate of drug-likeness (QED) is 0.698. The number of carbonyl (C=O) groups excluding carboxylic acids is 1. The second-order valence-corrected chi connectivity index (χ2v) is 4.28. The van der Waals surface area contributed by atoms with Gasteiger partial charge in [-0.1, -0.05) is 6.42 Å². The van der Waals surface area contributed by atoms with Crippen LogP contribution in [-0.2, 0) is 0 Å². The molecule has 1 saturated heterocycles. The van der Waals surface area contributed by atoms with Crippen LogP contribution in [0.1, 0.15) is 29.8 Å². The average molecular weight is 258 g/mol. The van der Waals surface area contributed by atoms with Crippen LogP contribution < -0.4 is 10.6 Å². The van der Waals surface area contributed by atoms with Gasteiger partial charge in [-0.05, 0) is 31.5 Å². The summed E-state index contributed by atoms with van der Waals surface area (Å²) in [6.45, 7) is 2.40. The molecule has 3 N–H and O–H groups in total. The molecule has 1 atom stereocenters. The molecular weight excluding hydrogens is 238 g/mol. The normalized spacial score (nSPS) is 19.6. The third-order valence-corrected chi connectivity index (χ3v) is 2.99. The molecule has 1 unspecified atom stereocenters. The highest BCUT2D eigenvalue weighted by atomic mass is 35.5. The van der Waals surface area contributed by atoms with E-state index in [0.29, 0.717) is 18.3 Å². The number of hydrogen-bond acceptors (Lipinski definition) is 3. The first-order valence-corrected chi connectivity index (χ1v) is 5.97. The molecule has 0 aromatic carbocycles. The van der Waals surface area contributed by atoms with E-state index in [2.05, 4.69) is 15.6 Å². The number of aromatic nitrogens is 1. The molecule has 0 bridgehead atoms. The largest absolute Gasteiger partial charge is 0.359 e. The lowest BCUT2D eigenvalue weighted by Crippen LogP contribution is -2.42. The van der Waals surface area contributed by atoms with Gasteiger partial charge in [-0.25, -0.2) is 0 Å². The van der Waals surface area contributed by atoms with Crippen LogP contribution in [0.4, 0.5) is 0 Å². The van der Waals surface area contributed by atoms with E-state index in [-0.39, 0.29) is 18.2 Å². The van der Waals surface area contributed by atoms with Gasteiger partial charge in [0.05, 0.1) is 12.2 Å². The van der Waals surface area contributed by atoms with Crippen molar-refractivity contribution < 1.29 is 4.79 Å². The van der Waals surface area contributed by atoms with E-state index in [9.17, 15) is 4.79 Å². The van der Waals surface area contributed by atoms with Crippen molar-refractivity contribution in [2.75, 3.05) is 19.6 Å². The van der Waals surface area contributed by atoms with Crippen molar-refractivity contribution >= 4 is 18.2 Å². The fourth-order valence-electron chi connectivity index (χ4n) is 2.06. The minimum absolute atomic E-state index is 0. The van der Waals surface area contributed by atoms with Crippen LogP contribution in [0.3, 0.4) is 0 Å². The maximum absolute atomic E-state index is 11.6. The minimum atomic E-state index is 0. The zero-order valence-corrected chi connectivity index (χ0v) is 10.7. The summed E-state index contributed by atoms with van der Waals surface area (Å²) in [6, 6.07) is 4.18. The molecule has 5 heteroatoms. The molecule has 2 rings (SSSR count). The van der Waals surface area contributed by atoms with Crippen LogP contribution in [-0.4, -0.2) is 36.4 Å². The second kappa shape index (κ2) is 7.48. The monoisotopic (exact) mass is 257 g/mol. The number of rotatable bonds is 5. The minimum Gasteiger partial charge on any atom is -0.359 e. The van der Waals surface area contributed by atoms with Crippen LogP contribution in [0, 0.1) is 0 Å². The maximum Gasteiger partial charge on any atom is 0.192 e. The van der Waals surface area contributed by atoms with Gasteiger partial charge in [-0.15, -0.1) is 12.4 Å². The van der Waals surface area contributed by atoms with Crippen LogP contribution in [0.2, 0.25) is 0 Å². The Morgan fingerprint density at radius 2 is 2.35 bits per heavy atom. The van der Waals surface area contributed by atoms with Crippen molar-refractivity contribution in [2.45, 2.75) is 25.3 Å². The molecule has 96 valence electrons. The third-order valence-electron chi connectivity index (χ3n) is 2.99. The highest BCUT2D eigenvalue weighted by Gasteiger charge is 2.12. The van der Waals surface area contributed by atoms with E-state index in [0.717, 1.165) is 13.1 Å². The number of aromatic amines is 1. The Hall–Kier alpha value is -0.840. The van der Waals surface area contributed by atoms with E-state index >= 15 is 0 Å². The van der Waals surface area contributed by atoms with Gasteiger partial charge in [0.15, 0.2) is 5.78 Å². The lowest BCUT2D eigenvalue weighted by Gasteiger charge is -2.23. The first kappa shape index (κ1) is 14.2. The van der Waals surface area contributed by atoms with Crippen molar-refractivity contribution in [3.63, 3.8) is 0 Å². The summed E-state index contributed by atoms with van der Waals surface area (Å²) in [6.07, 6.45) is 5.56. The molecule has 4 nitrogen and oxygen atoms in total. The zero-order chi connectivity index (χ0) is 11.2. The smallest absolute Gasteiger partial charge is 0.192 e. The number of H-pyrrole nitrogens is 1. The Balaban J connectivity index is 0.00000144. The molecule has 1 aromatic heterocycles. The number of carbonyl (C=O) groups is 1. The van der Waals surface area contributed by atoms with Crippen LogP contribution in [0.15, 0.2) is 18.3 Å². The van der Waals surface area contributed by atoms with Crippen molar-refractivity contribution in [1.29, 1.82) is 0 Å². The van der Waals surface area contributed by atoms with E-state index in [1.807, 2.05) is 12.1 Å². The van der Waals surface area contributed by atoms with Crippen LogP contribution in [0.25, 0.3) is 0 Å². The Morgan fingerprint density at radius 1 is 1.47 bits per heavy atom. The summed E-state index contributed by atoms with van der Waals surface area (Å²) in [4.78, 5) is 14.6. The van der Waals surface area contributed by atoms with E-state index in [1.165, 1.54) is 19.3 Å². The summed E-state index contributed by atoms with van der Waals surface area (Å²) in [5.74, 6) is 0.126. The lowest BCUT2D eigenvalue weighted by atomic mass is 10.1. The van der Waals surface area contributed by atoms with Crippen molar-refractivity contribution in [1.82, 2.24) is 15.6 Å². The zero-order valence-electron chi connectivity index (χ0n) is 9.87. The molecule has 0 saturated carbocycles. The maximum atomic E-state index is 11.6. The fourth-order valence-corrected chi connectivity index (χ4v) is 2.06. The molecule has 0 spiro atoms. The summed E-state index contributed by atoms with van der Waals surface area (Å²) < 4.78 is 0. The van der Waals surface area contributed by atoms with Gasteiger partial charge >= 0.3 is 0 Å². The van der Waals surface area contributed by atoms with E-state index in [1.54, 1.807) is 6.20 Å². The molecule has 1 aliphatic rings. The highest BCUT2D eigenvalue weighted by Crippen LogP contribution is 2.05. The molecule has 0 radical (unpaired) electrons. The topological polar surface area (TPSA) is 56.9 Å². The molecule has 17 heavy (non-hydrogen) atoms. The van der Waals surface area contributed by atoms with Crippen molar-refractivity contribution in [3.8, 4) is 0 Å². The number of hydrogen-bond donors (Lipinski definition) is 3. The highest BCUT2D eigenvalue weighted by molar-refractivity contribution is 5.95. The molecular formula is C12H20ClN3O. The predicted molar refractivity (Wildman–Crippen MR) is 70.9 cm³/mol. The molecule has 1 aromatic rings. The van der Waals surface area contributed by atoms with Gasteiger partial charge in [0.1, 0.15) is 0 Å².